The van der Waals surface area contributed by atoms with Crippen molar-refractivity contribution < 1.29 is 0 Å². The Kier molecular flexibility index (Phi) is 11.0. The second-order valence-corrected chi connectivity index (χ2v) is 28.8. The van der Waals surface area contributed by atoms with Crippen LogP contribution in [-0.2, 0) is 17.3 Å². The molecule has 8 heteroatoms. The van der Waals surface area contributed by atoms with E-state index in [4.69, 9.17) is 0 Å². The highest BCUT2D eigenvalue weighted by Crippen LogP contribution is 2.46. The third-order valence-corrected chi connectivity index (χ3v) is 22.7. The molecule has 0 spiro atoms. The molecule has 0 atom stereocenters. The van der Waals surface area contributed by atoms with Crippen LogP contribution in [0, 0.1) is 0 Å². The van der Waals surface area contributed by atoms with Crippen LogP contribution in [0.2, 0.25) is 0 Å². The Hall–Kier alpha value is -7.45. The van der Waals surface area contributed by atoms with E-state index in [0.29, 0.717) is 0 Å². The second-order valence-electron chi connectivity index (χ2n) is 24.5. The highest BCUT2D eigenvalue weighted by Gasteiger charge is 2.41. The van der Waals surface area contributed by atoms with Crippen molar-refractivity contribution in [2.45, 2.75) is 91.0 Å². The number of rotatable bonds is 6. The Bertz CT molecular complexity index is 4840. The summed E-state index contributed by atoms with van der Waals surface area (Å²) in [6.07, 6.45) is 0.883. The minimum Gasteiger partial charge on any atom is -0.309 e. The maximum absolute atomic E-state index is 2.57. The summed E-state index contributed by atoms with van der Waals surface area (Å²) in [6, 6.07) is 85.9. The molecular weight excluding hydrogens is 1070 g/mol. The molecule has 0 unspecified atom stereocenters. The Morgan fingerprint density at radius 3 is 1.40 bits per heavy atom. The number of benzene rings is 11. The largest absolute Gasteiger partial charge is 0.309 e. The van der Waals surface area contributed by atoms with Gasteiger partial charge in [-0.2, -0.15) is 0 Å². The topological polar surface area (TPSA) is 9.86 Å². The highest BCUT2D eigenvalue weighted by atomic mass is 32.2. The third kappa shape index (κ3) is 7.50. The van der Waals surface area contributed by atoms with Crippen molar-refractivity contribution in [3.05, 3.63) is 241 Å². The summed E-state index contributed by atoms with van der Waals surface area (Å²) in [5.41, 5.74) is 22.4. The summed E-state index contributed by atoms with van der Waals surface area (Å²) in [5.74, 6) is 0. The average molecular weight is 1120 g/mol. The zero-order valence-electron chi connectivity index (χ0n) is 46.3. The smallest absolute Gasteiger partial charge is 0.247 e. The standard InChI is InChI=1S/C74H54B2N2S4/c1-73(2,3)47-30-34-55-65(38-47)79-62-27-16-28-63-71(62)75(55)56-36-32-50(42-66(56)80-63)78-60-25-14-11-22-53(60)70-46(19-15-26-61(70)78)43-74(4,5)48-39-68-72-69(40-48)82-67-41-49(77-58-23-12-9-20-51(58)52-21-10-13-24-59(52)77)31-35-57(67)76(72)54-33-29-45(37-64(54)81-68)44-17-7-6-8-18-44/h6-42H,43H2,1-5H3. The van der Waals surface area contributed by atoms with Gasteiger partial charge in [0.05, 0.1) is 22.1 Å². The second kappa shape index (κ2) is 18.3. The van der Waals surface area contributed by atoms with E-state index in [1.54, 1.807) is 0 Å². The molecule has 390 valence electrons. The average Bonchev–Trinajstić information content (AvgIpc) is 1.83. The first kappa shape index (κ1) is 49.2. The lowest BCUT2D eigenvalue weighted by atomic mass is 9.36. The van der Waals surface area contributed by atoms with Gasteiger partial charge in [0.1, 0.15) is 0 Å². The van der Waals surface area contributed by atoms with Crippen LogP contribution in [0.3, 0.4) is 0 Å². The van der Waals surface area contributed by atoms with Crippen LogP contribution in [0.1, 0.15) is 51.3 Å². The van der Waals surface area contributed by atoms with E-state index in [0.717, 1.165) is 6.42 Å². The van der Waals surface area contributed by atoms with Crippen LogP contribution < -0.4 is 32.8 Å². The van der Waals surface area contributed by atoms with Gasteiger partial charge < -0.3 is 9.13 Å². The molecule has 4 aliphatic heterocycles. The Morgan fingerprint density at radius 1 is 0.341 bits per heavy atom. The molecule has 0 fully saturated rings. The van der Waals surface area contributed by atoms with Crippen LogP contribution in [0.15, 0.2) is 264 Å². The lowest BCUT2D eigenvalue weighted by molar-refractivity contribution is 0.522. The van der Waals surface area contributed by atoms with E-state index in [-0.39, 0.29) is 24.3 Å². The number of hydrogen-bond acceptors (Lipinski definition) is 4. The summed E-state index contributed by atoms with van der Waals surface area (Å²) in [5, 5.41) is 5.21. The van der Waals surface area contributed by atoms with Crippen molar-refractivity contribution in [2.75, 3.05) is 0 Å². The first-order valence-corrected chi connectivity index (χ1v) is 31.9. The fraction of sp³-hybridized carbons (Fsp3) is 0.108. The number of hydrogen-bond donors (Lipinski definition) is 0. The summed E-state index contributed by atoms with van der Waals surface area (Å²) >= 11 is 7.82. The van der Waals surface area contributed by atoms with Crippen LogP contribution in [0.5, 0.6) is 0 Å². The van der Waals surface area contributed by atoms with Gasteiger partial charge in [0.2, 0.25) is 13.4 Å². The van der Waals surface area contributed by atoms with Gasteiger partial charge in [0, 0.05) is 72.1 Å². The van der Waals surface area contributed by atoms with Gasteiger partial charge >= 0.3 is 0 Å². The van der Waals surface area contributed by atoms with Crippen LogP contribution >= 0.6 is 47.0 Å². The molecule has 2 nitrogen and oxygen atoms in total. The molecule has 6 heterocycles. The minimum absolute atomic E-state index is 0.0848. The predicted octanol–water partition coefficient (Wildman–Crippen LogP) is 16.3. The molecule has 0 saturated carbocycles. The van der Waals surface area contributed by atoms with E-state index >= 15 is 0 Å². The van der Waals surface area contributed by atoms with Gasteiger partial charge in [0.15, 0.2) is 0 Å². The molecule has 17 rings (SSSR count). The number of aromatic nitrogens is 2. The molecule has 0 radical (unpaired) electrons. The zero-order chi connectivity index (χ0) is 54.8. The predicted molar refractivity (Wildman–Crippen MR) is 354 cm³/mol. The number of nitrogens with zero attached hydrogens (tertiary/aromatic N) is 2. The van der Waals surface area contributed by atoms with Crippen molar-refractivity contribution in [3.8, 4) is 22.5 Å². The maximum atomic E-state index is 2.57. The van der Waals surface area contributed by atoms with Crippen LogP contribution in [-0.4, -0.2) is 22.6 Å². The Labute approximate surface area is 496 Å². The molecule has 0 bridgehead atoms. The quantitative estimate of drug-likeness (QED) is 0.153. The van der Waals surface area contributed by atoms with Crippen LogP contribution in [0.25, 0.3) is 66.1 Å². The van der Waals surface area contributed by atoms with E-state index < -0.39 is 0 Å². The van der Waals surface area contributed by atoms with E-state index in [1.165, 1.54) is 155 Å². The molecule has 11 aromatic carbocycles. The summed E-state index contributed by atoms with van der Waals surface area (Å²) in [6.45, 7) is 12.2. The van der Waals surface area contributed by atoms with Crippen LogP contribution in [0.4, 0.5) is 0 Å². The lowest BCUT2D eigenvalue weighted by Gasteiger charge is -2.36. The molecule has 0 saturated heterocycles. The van der Waals surface area contributed by atoms with Crippen molar-refractivity contribution in [2.24, 2.45) is 0 Å². The lowest BCUT2D eigenvalue weighted by Crippen LogP contribution is -2.58. The number of fused-ring (bicyclic) bond motifs is 14. The van der Waals surface area contributed by atoms with Gasteiger partial charge in [-0.25, -0.2) is 0 Å². The van der Waals surface area contributed by atoms with Crippen molar-refractivity contribution >= 4 is 137 Å². The van der Waals surface area contributed by atoms with E-state index in [1.807, 2.05) is 47.0 Å². The van der Waals surface area contributed by atoms with Gasteiger partial charge in [0.25, 0.3) is 0 Å². The normalized spacial score (nSPS) is 14.0. The summed E-state index contributed by atoms with van der Waals surface area (Å²) in [4.78, 5) is 10.9. The van der Waals surface area contributed by atoms with E-state index in [9.17, 15) is 0 Å². The SMILES string of the molecule is CC(C)(C)c1ccc2c(c1)Sc1cccc3c1B2c1ccc(-n2c4ccccc4c4c(CC(C)(C)c5cc6c7c(c5)Sc5cc(-n8c9ccccc9c9ccccc98)ccc5B7c5ccc(-c7ccccc7)cc5S6)cccc42)cc1S3. The van der Waals surface area contributed by atoms with Crippen molar-refractivity contribution in [1.82, 2.24) is 9.13 Å². The summed E-state index contributed by atoms with van der Waals surface area (Å²) < 4.78 is 5.01. The molecule has 4 aliphatic rings. The molecule has 0 amide bonds. The highest BCUT2D eigenvalue weighted by molar-refractivity contribution is 8.02. The minimum atomic E-state index is -0.214. The summed E-state index contributed by atoms with van der Waals surface area (Å²) in [7, 11) is 0. The Morgan fingerprint density at radius 2 is 0.793 bits per heavy atom. The molecule has 13 aromatic rings. The Balaban J connectivity index is 0.775. The first-order valence-electron chi connectivity index (χ1n) is 28.7. The first-order chi connectivity index (χ1) is 40.0. The van der Waals surface area contributed by atoms with E-state index in [2.05, 4.69) is 268 Å². The fourth-order valence-electron chi connectivity index (χ4n) is 14.1. The van der Waals surface area contributed by atoms with Gasteiger partial charge in [-0.05, 0) is 141 Å². The van der Waals surface area contributed by atoms with Gasteiger partial charge in [-0.3, -0.25) is 0 Å². The van der Waals surface area contributed by atoms with Crippen molar-refractivity contribution in [1.29, 1.82) is 0 Å². The molecule has 82 heavy (non-hydrogen) atoms. The molecule has 0 aliphatic carbocycles. The van der Waals surface area contributed by atoms with Crippen molar-refractivity contribution in [3.63, 3.8) is 0 Å². The molecule has 2 aromatic heterocycles. The fourth-order valence-corrected chi connectivity index (χ4v) is 19.2. The van der Waals surface area contributed by atoms with Gasteiger partial charge in [-0.1, -0.05) is 243 Å². The van der Waals surface area contributed by atoms with Gasteiger partial charge in [-0.15, -0.1) is 0 Å². The molecular formula is C74H54B2N2S4. The number of para-hydroxylation sites is 3. The monoisotopic (exact) mass is 1120 g/mol. The zero-order valence-corrected chi connectivity index (χ0v) is 49.5. The third-order valence-electron chi connectivity index (χ3n) is 18.1. The molecule has 0 N–H and O–H groups in total. The maximum Gasteiger partial charge on any atom is 0.247 e.